The number of fused-ring (bicyclic) bond motifs is 6. The normalized spacial score (nSPS) is 23.2. The maximum Gasteiger partial charge on any atom is 0.135 e. The number of hydrogen-bond acceptors (Lipinski definition) is 2. The highest BCUT2D eigenvalue weighted by atomic mass is 16.3. The minimum atomic E-state index is 0.114. The first kappa shape index (κ1) is 29.7. The molecule has 1 heterocycles. The molecule has 4 fully saturated rings. The molecular formula is C51H39NO. The van der Waals surface area contributed by atoms with E-state index in [9.17, 15) is 0 Å². The second-order valence-electron chi connectivity index (χ2n) is 16.1. The first-order valence-corrected chi connectivity index (χ1v) is 19.4. The van der Waals surface area contributed by atoms with Crippen LogP contribution in [0.5, 0.6) is 0 Å². The molecule has 4 bridgehead atoms. The molecule has 2 heteroatoms. The summed E-state index contributed by atoms with van der Waals surface area (Å²) in [5.74, 6) is 3.23. The first-order chi connectivity index (χ1) is 26.2. The Labute approximate surface area is 310 Å². The monoisotopic (exact) mass is 681 g/mol. The van der Waals surface area contributed by atoms with Gasteiger partial charge in [-0.2, -0.15) is 0 Å². The van der Waals surface area contributed by atoms with Crippen LogP contribution < -0.4 is 4.90 Å². The summed E-state index contributed by atoms with van der Waals surface area (Å²) in [4.78, 5) is 2.45. The van der Waals surface area contributed by atoms with E-state index in [4.69, 9.17) is 4.42 Å². The highest BCUT2D eigenvalue weighted by molar-refractivity contribution is 6.06. The van der Waals surface area contributed by atoms with Crippen LogP contribution in [0.3, 0.4) is 0 Å². The summed E-state index contributed by atoms with van der Waals surface area (Å²) >= 11 is 0. The number of anilines is 3. The third-order valence-electron chi connectivity index (χ3n) is 13.6. The summed E-state index contributed by atoms with van der Waals surface area (Å²) in [6.07, 6.45) is 5.58. The van der Waals surface area contributed by atoms with Crippen LogP contribution in [-0.4, -0.2) is 0 Å². The van der Waals surface area contributed by atoms with Crippen molar-refractivity contribution >= 4 is 39.0 Å². The van der Waals surface area contributed by atoms with Gasteiger partial charge in [-0.1, -0.05) is 109 Å². The minimum Gasteiger partial charge on any atom is -0.456 e. The van der Waals surface area contributed by atoms with Crippen molar-refractivity contribution in [2.24, 2.45) is 23.7 Å². The molecule has 1 aromatic heterocycles. The lowest BCUT2D eigenvalue weighted by Gasteiger charge is -2.44. The van der Waals surface area contributed by atoms with E-state index in [0.717, 1.165) is 57.0 Å². The van der Waals surface area contributed by atoms with E-state index in [2.05, 4.69) is 163 Å². The van der Waals surface area contributed by atoms with Crippen molar-refractivity contribution in [1.29, 1.82) is 0 Å². The maximum atomic E-state index is 6.29. The van der Waals surface area contributed by atoms with Gasteiger partial charge in [0.25, 0.3) is 0 Å². The van der Waals surface area contributed by atoms with Gasteiger partial charge in [0.2, 0.25) is 0 Å². The van der Waals surface area contributed by atoms with Gasteiger partial charge < -0.3 is 9.32 Å². The third-order valence-corrected chi connectivity index (χ3v) is 13.6. The predicted octanol–water partition coefficient (Wildman–Crippen LogP) is 13.7. The Balaban J connectivity index is 1.06. The van der Waals surface area contributed by atoms with Gasteiger partial charge in [0.05, 0.1) is 0 Å². The highest BCUT2D eigenvalue weighted by Gasteiger charge is 2.66. The van der Waals surface area contributed by atoms with Gasteiger partial charge in [0.15, 0.2) is 0 Å². The molecule has 13 rings (SSSR count). The van der Waals surface area contributed by atoms with Crippen LogP contribution in [0.4, 0.5) is 17.1 Å². The number of hydrogen-bond donors (Lipinski definition) is 0. The van der Waals surface area contributed by atoms with Crippen molar-refractivity contribution in [3.8, 4) is 33.4 Å². The quantitative estimate of drug-likeness (QED) is 0.180. The number of para-hydroxylation sites is 1. The summed E-state index contributed by atoms with van der Waals surface area (Å²) in [7, 11) is 0. The summed E-state index contributed by atoms with van der Waals surface area (Å²) in [5, 5.41) is 2.29. The topological polar surface area (TPSA) is 16.4 Å². The zero-order valence-electron chi connectivity index (χ0n) is 29.6. The van der Waals surface area contributed by atoms with E-state index < -0.39 is 0 Å². The maximum absolute atomic E-state index is 6.29. The molecular weight excluding hydrogens is 643 g/mol. The van der Waals surface area contributed by atoms with Gasteiger partial charge >= 0.3 is 0 Å². The summed E-state index contributed by atoms with van der Waals surface area (Å²) in [6.45, 7) is 0. The molecule has 0 radical (unpaired) electrons. The fourth-order valence-corrected chi connectivity index (χ4v) is 11.7. The standard InChI is InChI=1S/C51H39NO/c1-3-9-33(10-4-1)35-15-18-39(19-16-35)52(41-21-24-50-45(31-41)43-13-7-8-14-49(43)53-50)40-20-23-46-44(30-40)42-22-17-36(34-11-5-2-6-12-34)29-48(42)51(46)38-26-32-25-37(28-38)47(51)27-32/h1-24,29-32,37-38,47H,25-28H2. The molecule has 5 aliphatic carbocycles. The first-order valence-electron chi connectivity index (χ1n) is 19.4. The second-order valence-corrected chi connectivity index (χ2v) is 16.1. The largest absolute Gasteiger partial charge is 0.456 e. The summed E-state index contributed by atoms with van der Waals surface area (Å²) in [6, 6.07) is 60.7. The molecule has 0 aliphatic heterocycles. The van der Waals surface area contributed by atoms with Crippen LogP contribution in [0.2, 0.25) is 0 Å². The molecule has 8 aromatic rings. The van der Waals surface area contributed by atoms with Gasteiger partial charge in [0, 0.05) is 33.2 Å². The van der Waals surface area contributed by atoms with Crippen molar-refractivity contribution in [2.75, 3.05) is 4.90 Å². The fourth-order valence-electron chi connectivity index (χ4n) is 11.7. The Kier molecular flexibility index (Phi) is 6.20. The van der Waals surface area contributed by atoms with E-state index in [1.165, 1.54) is 64.8 Å². The minimum absolute atomic E-state index is 0.114. The van der Waals surface area contributed by atoms with E-state index in [0.29, 0.717) is 0 Å². The highest BCUT2D eigenvalue weighted by Crippen LogP contribution is 2.73. The van der Waals surface area contributed by atoms with Gasteiger partial charge in [-0.25, -0.2) is 0 Å². The van der Waals surface area contributed by atoms with Gasteiger partial charge in [-0.3, -0.25) is 0 Å². The Bertz CT molecular complexity index is 2700. The van der Waals surface area contributed by atoms with Crippen LogP contribution in [-0.2, 0) is 5.41 Å². The smallest absolute Gasteiger partial charge is 0.135 e. The SMILES string of the molecule is c1ccc(-c2ccc(N(c3ccc4c(c3)-c3ccc(-c5ccccc5)cc3C43C4CC5CC(C4)C3C5)c3ccc4oc5ccccc5c4c3)cc2)cc1. The van der Waals surface area contributed by atoms with E-state index in [-0.39, 0.29) is 5.41 Å². The Morgan fingerprint density at radius 1 is 0.453 bits per heavy atom. The third kappa shape index (κ3) is 4.21. The van der Waals surface area contributed by atoms with Crippen LogP contribution in [0.25, 0.3) is 55.3 Å². The number of rotatable bonds is 5. The Hall–Kier alpha value is -5.86. The molecule has 7 aromatic carbocycles. The fraction of sp³-hybridized carbons (Fsp3) is 0.176. The molecule has 5 aliphatic rings. The van der Waals surface area contributed by atoms with Crippen molar-refractivity contribution in [2.45, 2.75) is 31.1 Å². The molecule has 5 atom stereocenters. The molecule has 2 nitrogen and oxygen atoms in total. The lowest BCUT2D eigenvalue weighted by Crippen LogP contribution is -2.40. The van der Waals surface area contributed by atoms with Crippen LogP contribution in [0.1, 0.15) is 36.8 Å². The van der Waals surface area contributed by atoms with Gasteiger partial charge in [0.1, 0.15) is 11.2 Å². The number of furan rings is 1. The van der Waals surface area contributed by atoms with Crippen molar-refractivity contribution in [1.82, 2.24) is 0 Å². The van der Waals surface area contributed by atoms with Crippen LogP contribution >= 0.6 is 0 Å². The number of benzene rings is 7. The molecule has 254 valence electrons. The molecule has 0 saturated heterocycles. The molecule has 0 amide bonds. The zero-order valence-corrected chi connectivity index (χ0v) is 29.6. The Morgan fingerprint density at radius 3 is 1.92 bits per heavy atom. The summed E-state index contributed by atoms with van der Waals surface area (Å²) in [5.41, 5.74) is 16.5. The molecule has 0 N–H and O–H groups in total. The lowest BCUT2D eigenvalue weighted by atomic mass is 9.59. The molecule has 53 heavy (non-hydrogen) atoms. The van der Waals surface area contributed by atoms with Crippen molar-refractivity contribution in [3.05, 3.63) is 175 Å². The van der Waals surface area contributed by atoms with E-state index in [1.54, 1.807) is 11.1 Å². The van der Waals surface area contributed by atoms with Gasteiger partial charge in [-0.05, 0) is 148 Å². The van der Waals surface area contributed by atoms with Crippen LogP contribution in [0, 0.1) is 23.7 Å². The Morgan fingerprint density at radius 2 is 1.11 bits per heavy atom. The van der Waals surface area contributed by atoms with E-state index in [1.807, 2.05) is 6.07 Å². The average Bonchev–Trinajstić information content (AvgIpc) is 3.89. The van der Waals surface area contributed by atoms with Gasteiger partial charge in [-0.15, -0.1) is 0 Å². The predicted molar refractivity (Wildman–Crippen MR) is 218 cm³/mol. The number of nitrogens with zero attached hydrogens (tertiary/aromatic N) is 1. The average molecular weight is 682 g/mol. The van der Waals surface area contributed by atoms with Crippen molar-refractivity contribution < 1.29 is 4.42 Å². The lowest BCUT2D eigenvalue weighted by molar-refractivity contribution is 0.191. The van der Waals surface area contributed by atoms with Crippen molar-refractivity contribution in [3.63, 3.8) is 0 Å². The molecule has 1 spiro atoms. The molecule has 5 unspecified atom stereocenters. The zero-order chi connectivity index (χ0) is 34.7. The van der Waals surface area contributed by atoms with Crippen LogP contribution in [0.15, 0.2) is 168 Å². The summed E-state index contributed by atoms with van der Waals surface area (Å²) < 4.78 is 6.29. The van der Waals surface area contributed by atoms with E-state index >= 15 is 0 Å². The molecule has 4 saturated carbocycles. The second kappa shape index (κ2) is 11.1.